The molecule has 262 valence electrons. The molecule has 11 rings (SSSR count). The molecule has 0 atom stereocenters. The van der Waals surface area contributed by atoms with Crippen LogP contribution in [0.5, 0.6) is 0 Å². The van der Waals surface area contributed by atoms with E-state index in [0.717, 1.165) is 77.8 Å². The predicted octanol–water partition coefficient (Wildman–Crippen LogP) is 11.0. The van der Waals surface area contributed by atoms with E-state index in [1.165, 1.54) is 0 Å². The van der Waals surface area contributed by atoms with Crippen molar-refractivity contribution in [2.45, 2.75) is 0 Å². The van der Waals surface area contributed by atoms with Gasteiger partial charge in [-0.25, -0.2) is 9.97 Å². The lowest BCUT2D eigenvalue weighted by Gasteiger charge is -2.17. The van der Waals surface area contributed by atoms with Gasteiger partial charge in [0.05, 0.1) is 44.5 Å². The topological polar surface area (TPSA) is 69.8 Å². The predicted molar refractivity (Wildman–Crippen MR) is 229 cm³/mol. The lowest BCUT2D eigenvalue weighted by atomic mass is 10.0. The SMILES string of the molecule is O=c1c2ccccc2n(-c2ccc(-c3nc4cc5ccccc5cc4nc3-c3ccc(-n4c5ccccc5c(=O)c5ccccc54)cc3)cc2)c2ccccc12. The molecule has 0 aliphatic carbocycles. The van der Waals surface area contributed by atoms with Crippen LogP contribution >= 0.6 is 0 Å². The summed E-state index contributed by atoms with van der Waals surface area (Å²) in [5.41, 5.74) is 10.3. The van der Waals surface area contributed by atoms with Gasteiger partial charge >= 0.3 is 0 Å². The van der Waals surface area contributed by atoms with Crippen molar-refractivity contribution in [3.63, 3.8) is 0 Å². The Kier molecular flexibility index (Phi) is 7.06. The zero-order chi connectivity index (χ0) is 37.3. The van der Waals surface area contributed by atoms with Crippen molar-refractivity contribution in [2.75, 3.05) is 0 Å². The molecule has 6 nitrogen and oxygen atoms in total. The average Bonchev–Trinajstić information content (AvgIpc) is 3.26. The van der Waals surface area contributed by atoms with E-state index in [4.69, 9.17) is 9.97 Å². The largest absolute Gasteiger partial charge is 0.309 e. The van der Waals surface area contributed by atoms with Crippen LogP contribution in [0.25, 0.3) is 99.3 Å². The molecule has 0 saturated heterocycles. The summed E-state index contributed by atoms with van der Waals surface area (Å²) < 4.78 is 4.30. The normalized spacial score (nSPS) is 11.7. The number of rotatable bonds is 4. The highest BCUT2D eigenvalue weighted by molar-refractivity contribution is 5.99. The number of hydrogen-bond donors (Lipinski definition) is 0. The third-order valence-electron chi connectivity index (χ3n) is 10.9. The molecule has 0 saturated carbocycles. The van der Waals surface area contributed by atoms with Crippen molar-refractivity contribution in [1.29, 1.82) is 0 Å². The first-order chi connectivity index (χ1) is 27.6. The molecule has 0 bridgehead atoms. The minimum Gasteiger partial charge on any atom is -0.309 e. The maximum Gasteiger partial charge on any atom is 0.197 e. The monoisotopic (exact) mass is 718 g/mol. The molecule has 8 aromatic carbocycles. The van der Waals surface area contributed by atoms with E-state index in [-0.39, 0.29) is 10.9 Å². The molecule has 0 radical (unpaired) electrons. The highest BCUT2D eigenvalue weighted by Gasteiger charge is 2.18. The molecule has 3 aromatic heterocycles. The fourth-order valence-electron chi connectivity index (χ4n) is 8.23. The summed E-state index contributed by atoms with van der Waals surface area (Å²) in [5, 5.41) is 4.91. The average molecular weight is 719 g/mol. The van der Waals surface area contributed by atoms with Crippen molar-refractivity contribution >= 4 is 65.4 Å². The molecule has 0 aliphatic heterocycles. The van der Waals surface area contributed by atoms with Gasteiger partial charge in [0, 0.05) is 44.0 Å². The van der Waals surface area contributed by atoms with E-state index in [1.54, 1.807) is 0 Å². The summed E-state index contributed by atoms with van der Waals surface area (Å²) in [5.74, 6) is 0. The molecule has 0 aliphatic rings. The Hall–Kier alpha value is -7.70. The molecule has 56 heavy (non-hydrogen) atoms. The van der Waals surface area contributed by atoms with Gasteiger partial charge in [-0.3, -0.25) is 9.59 Å². The lowest BCUT2D eigenvalue weighted by molar-refractivity contribution is 1.16. The van der Waals surface area contributed by atoms with Gasteiger partial charge < -0.3 is 9.13 Å². The second kappa shape index (κ2) is 12.4. The molecule has 0 unspecified atom stereocenters. The van der Waals surface area contributed by atoms with Crippen molar-refractivity contribution in [3.8, 4) is 33.9 Å². The first-order valence-corrected chi connectivity index (χ1v) is 18.6. The lowest BCUT2D eigenvalue weighted by Crippen LogP contribution is -2.10. The summed E-state index contributed by atoms with van der Waals surface area (Å²) in [6, 6.07) is 60.3. The number of nitrogens with zero attached hydrogens (tertiary/aromatic N) is 4. The Morgan fingerprint density at radius 3 is 0.982 bits per heavy atom. The Labute approximate surface area is 319 Å². The van der Waals surface area contributed by atoms with E-state index in [2.05, 4.69) is 81.9 Å². The first-order valence-electron chi connectivity index (χ1n) is 18.6. The van der Waals surface area contributed by atoms with Gasteiger partial charge in [-0.1, -0.05) is 97.1 Å². The fourth-order valence-corrected chi connectivity index (χ4v) is 8.23. The van der Waals surface area contributed by atoms with Crippen LogP contribution in [0.15, 0.2) is 192 Å². The van der Waals surface area contributed by atoms with Gasteiger partial charge in [-0.15, -0.1) is 0 Å². The van der Waals surface area contributed by atoms with Crippen molar-refractivity contribution < 1.29 is 0 Å². The fraction of sp³-hybridized carbons (Fsp3) is 0. The number of benzene rings is 8. The van der Waals surface area contributed by atoms with E-state index >= 15 is 0 Å². The van der Waals surface area contributed by atoms with Gasteiger partial charge in [0.25, 0.3) is 0 Å². The van der Waals surface area contributed by atoms with Gasteiger partial charge in [0.1, 0.15) is 0 Å². The smallest absolute Gasteiger partial charge is 0.197 e. The van der Waals surface area contributed by atoms with Crippen LogP contribution in [0.1, 0.15) is 0 Å². The summed E-state index contributed by atoms with van der Waals surface area (Å²) in [7, 11) is 0. The third-order valence-corrected chi connectivity index (χ3v) is 10.9. The number of para-hydroxylation sites is 4. The highest BCUT2D eigenvalue weighted by Crippen LogP contribution is 2.35. The molecular weight excluding hydrogens is 689 g/mol. The van der Waals surface area contributed by atoms with Crippen LogP contribution in [0.2, 0.25) is 0 Å². The van der Waals surface area contributed by atoms with Crippen LogP contribution in [-0.4, -0.2) is 19.1 Å². The van der Waals surface area contributed by atoms with Gasteiger partial charge in [0.15, 0.2) is 10.9 Å². The van der Waals surface area contributed by atoms with Crippen LogP contribution in [0.4, 0.5) is 0 Å². The number of fused-ring (bicyclic) bond motifs is 6. The Balaban J connectivity index is 1.09. The first kappa shape index (κ1) is 31.8. The van der Waals surface area contributed by atoms with Gasteiger partial charge in [-0.05, 0) is 95.7 Å². The molecule has 0 amide bonds. The quantitative estimate of drug-likeness (QED) is 0.170. The second-order valence-electron chi connectivity index (χ2n) is 14.1. The van der Waals surface area contributed by atoms with Crippen molar-refractivity contribution in [2.24, 2.45) is 0 Å². The summed E-state index contributed by atoms with van der Waals surface area (Å²) in [4.78, 5) is 37.5. The third kappa shape index (κ3) is 4.90. The van der Waals surface area contributed by atoms with Crippen molar-refractivity contribution in [3.05, 3.63) is 202 Å². The summed E-state index contributed by atoms with van der Waals surface area (Å²) >= 11 is 0. The maximum absolute atomic E-state index is 13.5. The minimum atomic E-state index is 0.0286. The molecule has 3 heterocycles. The molecule has 11 aromatic rings. The number of hydrogen-bond acceptors (Lipinski definition) is 4. The number of aromatic nitrogens is 4. The standard InChI is InChI=1S/C50H30N4O2/c55-49-37-13-3-7-17-43(37)53(44-18-8-4-14-38(44)49)35-25-21-31(22-26-35)47-48(52-42-30-34-12-2-1-11-33(34)29-41(42)51-47)32-23-27-36(28-24-32)54-45-19-9-5-15-39(45)50(56)40-16-6-10-20-46(40)54/h1-30H. The van der Waals surface area contributed by atoms with Gasteiger partial charge in [0.2, 0.25) is 0 Å². The zero-order valence-corrected chi connectivity index (χ0v) is 29.9. The molecule has 0 spiro atoms. The minimum absolute atomic E-state index is 0.0286. The van der Waals surface area contributed by atoms with Crippen LogP contribution in [0.3, 0.4) is 0 Å². The number of pyridine rings is 2. The Morgan fingerprint density at radius 2 is 0.643 bits per heavy atom. The molecule has 0 N–H and O–H groups in total. The van der Waals surface area contributed by atoms with E-state index in [0.29, 0.717) is 21.5 Å². The molecule has 6 heteroatoms. The van der Waals surface area contributed by atoms with E-state index in [1.807, 2.05) is 109 Å². The zero-order valence-electron chi connectivity index (χ0n) is 29.9. The summed E-state index contributed by atoms with van der Waals surface area (Å²) in [6.07, 6.45) is 0. The van der Waals surface area contributed by atoms with Crippen LogP contribution in [-0.2, 0) is 0 Å². The van der Waals surface area contributed by atoms with Crippen LogP contribution in [0, 0.1) is 0 Å². The highest BCUT2D eigenvalue weighted by atomic mass is 16.1. The van der Waals surface area contributed by atoms with Crippen LogP contribution < -0.4 is 10.9 Å². The van der Waals surface area contributed by atoms with E-state index in [9.17, 15) is 9.59 Å². The summed E-state index contributed by atoms with van der Waals surface area (Å²) in [6.45, 7) is 0. The molecular formula is C50H30N4O2. The molecule has 0 fully saturated rings. The Morgan fingerprint density at radius 1 is 0.339 bits per heavy atom. The Bertz CT molecular complexity index is 3160. The second-order valence-corrected chi connectivity index (χ2v) is 14.1. The van der Waals surface area contributed by atoms with Crippen molar-refractivity contribution in [1.82, 2.24) is 19.1 Å². The maximum atomic E-state index is 13.5. The van der Waals surface area contributed by atoms with E-state index < -0.39 is 0 Å². The van der Waals surface area contributed by atoms with Gasteiger partial charge in [-0.2, -0.15) is 0 Å².